The summed E-state index contributed by atoms with van der Waals surface area (Å²) in [6.45, 7) is -0.161. The van der Waals surface area contributed by atoms with E-state index in [1.807, 2.05) is 0 Å². The number of nitrogens with two attached hydrogens (primary N) is 1. The molecule has 0 aliphatic heterocycles. The first-order valence-corrected chi connectivity index (χ1v) is 4.72. The number of aromatic nitrogens is 1. The van der Waals surface area contributed by atoms with E-state index < -0.39 is 30.5 Å². The molecule has 0 radical (unpaired) electrons. The predicted molar refractivity (Wildman–Crippen MR) is 52.8 cm³/mol. The van der Waals surface area contributed by atoms with Crippen molar-refractivity contribution in [3.05, 3.63) is 28.8 Å². The number of rotatable bonds is 4. The minimum Gasteiger partial charge on any atom is -0.469 e. The average Bonchev–Trinajstić information content (AvgIpc) is 2.30. The third-order valence-corrected chi connectivity index (χ3v) is 2.19. The average molecular weight is 248 g/mol. The van der Waals surface area contributed by atoms with Crippen LogP contribution in [0.4, 0.5) is 13.2 Å². The number of esters is 1. The number of halogens is 3. The Morgan fingerprint density at radius 1 is 1.59 bits per heavy atom. The van der Waals surface area contributed by atoms with Crippen molar-refractivity contribution in [2.24, 2.45) is 5.73 Å². The number of methoxy groups -OCH3 is 1. The van der Waals surface area contributed by atoms with Gasteiger partial charge in [0.15, 0.2) is 0 Å². The molecule has 0 saturated heterocycles. The molecule has 0 unspecified atom stereocenters. The Morgan fingerprint density at radius 3 is 2.71 bits per heavy atom. The van der Waals surface area contributed by atoms with E-state index in [1.165, 1.54) is 0 Å². The summed E-state index contributed by atoms with van der Waals surface area (Å²) >= 11 is 0. The molecule has 7 heteroatoms. The van der Waals surface area contributed by atoms with Gasteiger partial charge in [-0.3, -0.25) is 4.79 Å². The third kappa shape index (κ3) is 3.16. The van der Waals surface area contributed by atoms with E-state index in [1.54, 1.807) is 0 Å². The SMILES string of the molecule is COC(=O)Cc1c(CN)cc(F)nc1C(F)F. The lowest BCUT2D eigenvalue weighted by Gasteiger charge is -2.11. The van der Waals surface area contributed by atoms with Crippen LogP contribution in [0.25, 0.3) is 0 Å². The van der Waals surface area contributed by atoms with E-state index in [4.69, 9.17) is 5.73 Å². The summed E-state index contributed by atoms with van der Waals surface area (Å²) < 4.78 is 42.6. The molecule has 0 aliphatic rings. The van der Waals surface area contributed by atoms with Crippen LogP contribution in [0.3, 0.4) is 0 Å². The quantitative estimate of drug-likeness (QED) is 0.645. The molecule has 94 valence electrons. The van der Waals surface area contributed by atoms with Crippen LogP contribution in [0.5, 0.6) is 0 Å². The second kappa shape index (κ2) is 5.62. The van der Waals surface area contributed by atoms with Crippen molar-refractivity contribution in [1.29, 1.82) is 0 Å². The Bertz CT molecular complexity index is 424. The van der Waals surface area contributed by atoms with Crippen molar-refractivity contribution in [3.63, 3.8) is 0 Å². The van der Waals surface area contributed by atoms with Gasteiger partial charge in [0.1, 0.15) is 5.69 Å². The molecule has 2 N–H and O–H groups in total. The summed E-state index contributed by atoms with van der Waals surface area (Å²) in [5.74, 6) is -1.76. The second-order valence-corrected chi connectivity index (χ2v) is 3.23. The van der Waals surface area contributed by atoms with Crippen LogP contribution in [0.2, 0.25) is 0 Å². The van der Waals surface area contributed by atoms with Crippen molar-refractivity contribution in [1.82, 2.24) is 4.98 Å². The van der Waals surface area contributed by atoms with Crippen LogP contribution in [0, 0.1) is 5.95 Å². The molecular formula is C10H11F3N2O2. The molecule has 1 rings (SSSR count). The standard InChI is InChI=1S/C10H11F3N2O2/c1-17-8(16)3-6-5(4-14)2-7(11)15-9(6)10(12)13/h2,10H,3-4,14H2,1H3. The van der Waals surface area contributed by atoms with Crippen molar-refractivity contribution in [2.75, 3.05) is 7.11 Å². The number of nitrogens with zero attached hydrogens (tertiary/aromatic N) is 1. The highest BCUT2D eigenvalue weighted by Crippen LogP contribution is 2.25. The van der Waals surface area contributed by atoms with Crippen LogP contribution >= 0.6 is 0 Å². The lowest BCUT2D eigenvalue weighted by Crippen LogP contribution is -2.14. The highest BCUT2D eigenvalue weighted by molar-refractivity contribution is 5.73. The molecule has 0 fully saturated rings. The summed E-state index contributed by atoms with van der Waals surface area (Å²) in [7, 11) is 1.13. The first-order chi connectivity index (χ1) is 7.99. The third-order valence-electron chi connectivity index (χ3n) is 2.19. The summed E-state index contributed by atoms with van der Waals surface area (Å²) in [6.07, 6.45) is -3.38. The highest BCUT2D eigenvalue weighted by Gasteiger charge is 2.21. The van der Waals surface area contributed by atoms with Crippen LogP contribution in [-0.4, -0.2) is 18.1 Å². The lowest BCUT2D eigenvalue weighted by atomic mass is 10.0. The van der Waals surface area contributed by atoms with Gasteiger partial charge in [-0.05, 0) is 17.2 Å². The van der Waals surface area contributed by atoms with Crippen molar-refractivity contribution >= 4 is 5.97 Å². The Labute approximate surface area is 95.6 Å². The molecule has 0 atom stereocenters. The first kappa shape index (κ1) is 13.4. The molecule has 0 bridgehead atoms. The maximum atomic E-state index is 13.0. The van der Waals surface area contributed by atoms with Crippen LogP contribution in [0.15, 0.2) is 6.07 Å². The largest absolute Gasteiger partial charge is 0.469 e. The summed E-state index contributed by atoms with van der Waals surface area (Å²) in [5.41, 5.74) is 4.60. The summed E-state index contributed by atoms with van der Waals surface area (Å²) in [5, 5.41) is 0. The number of ether oxygens (including phenoxy) is 1. The number of hydrogen-bond acceptors (Lipinski definition) is 4. The first-order valence-electron chi connectivity index (χ1n) is 4.72. The second-order valence-electron chi connectivity index (χ2n) is 3.23. The fourth-order valence-corrected chi connectivity index (χ4v) is 1.39. The van der Waals surface area contributed by atoms with E-state index in [2.05, 4.69) is 9.72 Å². The van der Waals surface area contributed by atoms with E-state index in [0.717, 1.165) is 13.2 Å². The van der Waals surface area contributed by atoms with Crippen molar-refractivity contribution in [2.45, 2.75) is 19.4 Å². The van der Waals surface area contributed by atoms with Gasteiger partial charge in [0.05, 0.1) is 13.5 Å². The molecule has 1 aromatic heterocycles. The molecule has 17 heavy (non-hydrogen) atoms. The fraction of sp³-hybridized carbons (Fsp3) is 0.400. The maximum Gasteiger partial charge on any atom is 0.310 e. The van der Waals surface area contributed by atoms with E-state index >= 15 is 0 Å². The van der Waals surface area contributed by atoms with Gasteiger partial charge in [0.2, 0.25) is 5.95 Å². The number of carbonyl (C=O) groups is 1. The molecule has 1 aromatic rings. The molecule has 0 aromatic carbocycles. The highest BCUT2D eigenvalue weighted by atomic mass is 19.3. The minimum absolute atomic E-state index is 0.0734. The van der Waals surface area contributed by atoms with Gasteiger partial charge in [-0.1, -0.05) is 0 Å². The molecule has 0 spiro atoms. The van der Waals surface area contributed by atoms with Gasteiger partial charge in [0, 0.05) is 6.54 Å². The molecule has 0 saturated carbocycles. The Kier molecular flexibility index (Phi) is 4.45. The van der Waals surface area contributed by atoms with E-state index in [9.17, 15) is 18.0 Å². The normalized spacial score (nSPS) is 10.7. The predicted octanol–water partition coefficient (Wildman–Crippen LogP) is 1.33. The molecule has 0 amide bonds. The van der Waals surface area contributed by atoms with E-state index in [-0.39, 0.29) is 17.7 Å². The van der Waals surface area contributed by atoms with Gasteiger partial charge >= 0.3 is 5.97 Å². The number of alkyl halides is 2. The van der Waals surface area contributed by atoms with Gasteiger partial charge in [-0.25, -0.2) is 13.8 Å². The smallest absolute Gasteiger partial charge is 0.310 e. The van der Waals surface area contributed by atoms with Crippen molar-refractivity contribution < 1.29 is 22.7 Å². The van der Waals surface area contributed by atoms with Gasteiger partial charge in [-0.2, -0.15) is 4.39 Å². The Morgan fingerprint density at radius 2 is 2.24 bits per heavy atom. The maximum absolute atomic E-state index is 13.0. The molecule has 4 nitrogen and oxygen atoms in total. The van der Waals surface area contributed by atoms with Gasteiger partial charge in [0.25, 0.3) is 6.43 Å². The Balaban J connectivity index is 3.26. The zero-order valence-electron chi connectivity index (χ0n) is 9.04. The summed E-state index contributed by atoms with van der Waals surface area (Å²) in [6, 6.07) is 0.935. The van der Waals surface area contributed by atoms with Crippen LogP contribution < -0.4 is 5.73 Å². The number of hydrogen-bond donors (Lipinski definition) is 1. The zero-order valence-corrected chi connectivity index (χ0v) is 9.04. The van der Waals surface area contributed by atoms with Crippen LogP contribution in [0.1, 0.15) is 23.2 Å². The number of carbonyl (C=O) groups excluding carboxylic acids is 1. The monoisotopic (exact) mass is 248 g/mol. The fourth-order valence-electron chi connectivity index (χ4n) is 1.39. The van der Waals surface area contributed by atoms with E-state index in [0.29, 0.717) is 0 Å². The number of pyridine rings is 1. The van der Waals surface area contributed by atoms with Crippen LogP contribution in [-0.2, 0) is 22.5 Å². The summed E-state index contributed by atoms with van der Waals surface area (Å²) in [4.78, 5) is 14.2. The zero-order chi connectivity index (χ0) is 13.0. The van der Waals surface area contributed by atoms with Gasteiger partial charge in [-0.15, -0.1) is 0 Å². The molecule has 1 heterocycles. The van der Waals surface area contributed by atoms with Crippen molar-refractivity contribution in [3.8, 4) is 0 Å². The van der Waals surface area contributed by atoms with Gasteiger partial charge < -0.3 is 10.5 Å². The lowest BCUT2D eigenvalue weighted by molar-refractivity contribution is -0.139. The molecular weight excluding hydrogens is 237 g/mol. The topological polar surface area (TPSA) is 65.2 Å². The Hall–Kier alpha value is -1.63. The molecule has 0 aliphatic carbocycles. The minimum atomic E-state index is -2.98.